The molecule has 30 heavy (non-hydrogen) atoms. The van der Waals surface area contributed by atoms with Crippen molar-refractivity contribution in [3.63, 3.8) is 0 Å². The van der Waals surface area contributed by atoms with Crippen LogP contribution in [-0.2, 0) is 11.8 Å². The Morgan fingerprint density at radius 3 is 2.63 bits per heavy atom. The van der Waals surface area contributed by atoms with Gasteiger partial charge in [-0.25, -0.2) is 9.97 Å². The lowest BCUT2D eigenvalue weighted by atomic mass is 9.71. The fraction of sp³-hybridized carbons (Fsp3) is 0.565. The van der Waals surface area contributed by atoms with E-state index in [9.17, 15) is 5.11 Å². The second-order valence-corrected chi connectivity index (χ2v) is 9.28. The second-order valence-electron chi connectivity index (χ2n) is 9.28. The van der Waals surface area contributed by atoms with Crippen LogP contribution in [0.25, 0.3) is 11.3 Å². The van der Waals surface area contributed by atoms with Gasteiger partial charge in [-0.2, -0.15) is 0 Å². The van der Waals surface area contributed by atoms with Crippen molar-refractivity contribution < 1.29 is 9.84 Å². The zero-order valence-electron chi connectivity index (χ0n) is 18.2. The molecule has 2 aliphatic rings. The van der Waals surface area contributed by atoms with Crippen LogP contribution in [0.4, 0.5) is 11.5 Å². The topological polar surface area (TPSA) is 111 Å². The maximum Gasteiger partial charge on any atom is 0.143 e. The summed E-state index contributed by atoms with van der Waals surface area (Å²) in [7, 11) is 2.01. The van der Waals surface area contributed by atoms with E-state index in [-0.39, 0.29) is 24.2 Å². The van der Waals surface area contributed by atoms with Crippen molar-refractivity contribution in [2.75, 3.05) is 30.8 Å². The normalized spacial score (nSPS) is 22.2. The van der Waals surface area contributed by atoms with E-state index in [1.54, 1.807) is 0 Å². The molecule has 0 radical (unpaired) electrons. The van der Waals surface area contributed by atoms with Crippen LogP contribution in [0.3, 0.4) is 0 Å². The van der Waals surface area contributed by atoms with Crippen molar-refractivity contribution in [2.24, 2.45) is 5.73 Å². The first-order valence-corrected chi connectivity index (χ1v) is 10.8. The fourth-order valence-corrected chi connectivity index (χ4v) is 4.98. The Morgan fingerprint density at radius 2 is 1.93 bits per heavy atom. The summed E-state index contributed by atoms with van der Waals surface area (Å²) in [5, 5.41) is 9.61. The van der Waals surface area contributed by atoms with Crippen molar-refractivity contribution in [1.29, 1.82) is 0 Å². The van der Waals surface area contributed by atoms with E-state index in [1.165, 1.54) is 11.9 Å². The van der Waals surface area contributed by atoms with Crippen LogP contribution in [-0.4, -0.2) is 47.4 Å². The van der Waals surface area contributed by atoms with Gasteiger partial charge in [-0.15, -0.1) is 0 Å². The number of nitrogens with two attached hydrogens (primary N) is 2. The molecule has 5 N–H and O–H groups in total. The van der Waals surface area contributed by atoms with Crippen molar-refractivity contribution in [3.8, 4) is 17.0 Å². The summed E-state index contributed by atoms with van der Waals surface area (Å²) in [6, 6.07) is 4.42. The molecule has 0 unspecified atom stereocenters. The van der Waals surface area contributed by atoms with Gasteiger partial charge in [0, 0.05) is 30.8 Å². The molecule has 1 aromatic heterocycles. The van der Waals surface area contributed by atoms with Gasteiger partial charge < -0.3 is 26.2 Å². The van der Waals surface area contributed by atoms with Gasteiger partial charge >= 0.3 is 0 Å². The molecule has 4 rings (SSSR count). The van der Waals surface area contributed by atoms with Crippen molar-refractivity contribution in [3.05, 3.63) is 29.6 Å². The van der Waals surface area contributed by atoms with Crippen LogP contribution >= 0.6 is 0 Å². The molecule has 0 aliphatic heterocycles. The van der Waals surface area contributed by atoms with Crippen molar-refractivity contribution in [2.45, 2.75) is 63.5 Å². The van der Waals surface area contributed by atoms with E-state index >= 15 is 0 Å². The SMILES string of the molecule is CN(CCO)c1c(O[C@H]2CC[C@@H](N)CC2)ccc2c1CC(C)(C)c1c(N)ncnc1-2. The number of likely N-dealkylation sites (N-methyl/N-ethyl adjacent to an activating group) is 1. The lowest BCUT2D eigenvalue weighted by Crippen LogP contribution is -2.33. The van der Waals surface area contributed by atoms with E-state index in [0.717, 1.165) is 60.4 Å². The Bertz CT molecular complexity index is 922. The van der Waals surface area contributed by atoms with E-state index in [4.69, 9.17) is 16.2 Å². The van der Waals surface area contributed by atoms with Gasteiger partial charge in [0.15, 0.2) is 0 Å². The van der Waals surface area contributed by atoms with Gasteiger partial charge in [0.25, 0.3) is 0 Å². The van der Waals surface area contributed by atoms with Crippen LogP contribution in [0.5, 0.6) is 5.75 Å². The molecular weight excluding hydrogens is 378 g/mol. The molecule has 162 valence electrons. The van der Waals surface area contributed by atoms with Gasteiger partial charge in [-0.05, 0) is 55.2 Å². The highest BCUT2D eigenvalue weighted by molar-refractivity contribution is 5.83. The maximum atomic E-state index is 9.61. The molecule has 2 aliphatic carbocycles. The molecule has 1 saturated carbocycles. The zero-order chi connectivity index (χ0) is 21.5. The Hall–Kier alpha value is -2.38. The van der Waals surface area contributed by atoms with Crippen molar-refractivity contribution in [1.82, 2.24) is 9.97 Å². The summed E-state index contributed by atoms with van der Waals surface area (Å²) in [5.74, 6) is 1.41. The van der Waals surface area contributed by atoms with Crippen LogP contribution in [0.2, 0.25) is 0 Å². The van der Waals surface area contributed by atoms with E-state index in [2.05, 4.69) is 34.8 Å². The number of benzene rings is 1. The number of rotatable bonds is 5. The third kappa shape index (κ3) is 3.72. The molecule has 1 heterocycles. The number of hydrogen-bond acceptors (Lipinski definition) is 7. The predicted molar refractivity (Wildman–Crippen MR) is 120 cm³/mol. The molecule has 2 aromatic rings. The quantitative estimate of drug-likeness (QED) is 0.693. The number of anilines is 2. The number of aliphatic hydroxyl groups is 1. The first-order chi connectivity index (χ1) is 14.3. The molecule has 0 atom stereocenters. The molecule has 1 fully saturated rings. The average molecular weight is 412 g/mol. The zero-order valence-corrected chi connectivity index (χ0v) is 18.2. The van der Waals surface area contributed by atoms with Crippen LogP contribution in [0.1, 0.15) is 50.7 Å². The minimum absolute atomic E-state index is 0.0764. The second kappa shape index (κ2) is 8.04. The van der Waals surface area contributed by atoms with Crippen LogP contribution in [0, 0.1) is 0 Å². The number of ether oxygens (including phenoxy) is 1. The summed E-state index contributed by atoms with van der Waals surface area (Å²) in [6.07, 6.45) is 6.43. The Balaban J connectivity index is 1.81. The number of nitrogen functional groups attached to an aromatic ring is 1. The van der Waals surface area contributed by atoms with Gasteiger partial charge in [0.05, 0.1) is 24.1 Å². The number of aromatic nitrogens is 2. The standard InChI is InChI=1S/C23H33N5O2/c1-23(2)12-17-16(20-19(23)22(25)27-13-26-20)8-9-18(21(17)28(3)10-11-29)30-15-6-4-14(24)5-7-15/h8-9,13-15,29H,4-7,10-12,24H2,1-3H3,(H2,25,26,27)/t14-,15+. The molecule has 7 nitrogen and oxygen atoms in total. The number of nitrogens with zero attached hydrogens (tertiary/aromatic N) is 3. The molecule has 0 amide bonds. The third-order valence-electron chi connectivity index (χ3n) is 6.50. The lowest BCUT2D eigenvalue weighted by Gasteiger charge is -2.37. The van der Waals surface area contributed by atoms with Crippen LogP contribution in [0.15, 0.2) is 18.5 Å². The Morgan fingerprint density at radius 1 is 1.20 bits per heavy atom. The number of fused-ring (bicyclic) bond motifs is 3. The molecule has 1 aromatic carbocycles. The summed E-state index contributed by atoms with van der Waals surface area (Å²) in [5.41, 5.74) is 17.3. The van der Waals surface area contributed by atoms with Crippen molar-refractivity contribution >= 4 is 11.5 Å². The number of hydrogen-bond donors (Lipinski definition) is 3. The molecule has 0 spiro atoms. The summed E-state index contributed by atoms with van der Waals surface area (Å²) >= 11 is 0. The third-order valence-corrected chi connectivity index (χ3v) is 6.50. The molecule has 0 bridgehead atoms. The molecule has 0 saturated heterocycles. The first-order valence-electron chi connectivity index (χ1n) is 10.8. The molecular formula is C23H33N5O2. The summed E-state index contributed by atoms with van der Waals surface area (Å²) in [4.78, 5) is 10.9. The fourth-order valence-electron chi connectivity index (χ4n) is 4.98. The van der Waals surface area contributed by atoms with Gasteiger partial charge in [-0.1, -0.05) is 13.8 Å². The highest BCUT2D eigenvalue weighted by Crippen LogP contribution is 2.49. The van der Waals surface area contributed by atoms with E-state index in [1.807, 2.05) is 13.1 Å². The van der Waals surface area contributed by atoms with E-state index in [0.29, 0.717) is 12.4 Å². The monoisotopic (exact) mass is 411 g/mol. The molecule has 7 heteroatoms. The van der Waals surface area contributed by atoms with Gasteiger partial charge in [-0.3, -0.25) is 0 Å². The predicted octanol–water partition coefficient (Wildman–Crippen LogP) is 2.64. The summed E-state index contributed by atoms with van der Waals surface area (Å²) < 4.78 is 6.51. The highest BCUT2D eigenvalue weighted by atomic mass is 16.5. The van der Waals surface area contributed by atoms with E-state index < -0.39 is 0 Å². The van der Waals surface area contributed by atoms with Crippen LogP contribution < -0.4 is 21.1 Å². The number of aliphatic hydroxyl groups excluding tert-OH is 1. The largest absolute Gasteiger partial charge is 0.488 e. The van der Waals surface area contributed by atoms with Gasteiger partial charge in [0.2, 0.25) is 0 Å². The highest BCUT2D eigenvalue weighted by Gasteiger charge is 2.37. The minimum atomic E-state index is -0.210. The Kier molecular flexibility index (Phi) is 5.59. The maximum absolute atomic E-state index is 9.61. The lowest BCUT2D eigenvalue weighted by molar-refractivity contribution is 0.147. The first kappa shape index (κ1) is 20.9. The smallest absolute Gasteiger partial charge is 0.143 e. The van der Waals surface area contributed by atoms with Gasteiger partial charge in [0.1, 0.15) is 17.9 Å². The minimum Gasteiger partial charge on any atom is -0.488 e. The average Bonchev–Trinajstić information content (AvgIpc) is 2.69. The Labute approximate surface area is 178 Å². The summed E-state index contributed by atoms with van der Waals surface area (Å²) in [6.45, 7) is 4.97.